The summed E-state index contributed by atoms with van der Waals surface area (Å²) < 4.78 is 48.4. The maximum absolute atomic E-state index is 12.9. The molecule has 9 heteroatoms. The van der Waals surface area contributed by atoms with E-state index in [1.165, 1.54) is 6.07 Å². The lowest BCUT2D eigenvalue weighted by molar-refractivity contribution is -0.102. The molecule has 5 rings (SSSR count). The number of anilines is 1. The van der Waals surface area contributed by atoms with E-state index in [4.69, 9.17) is 23.4 Å². The molecule has 0 aliphatic carbocycles. The number of nitrogens with zero attached hydrogens (tertiary/aromatic N) is 2. The zero-order valence-corrected chi connectivity index (χ0v) is 24.5. The molecule has 41 heavy (non-hydrogen) atoms. The number of benzene rings is 3. The topological polar surface area (TPSA) is 87.2 Å². The first-order valence-electron chi connectivity index (χ1n) is 13.9. The van der Waals surface area contributed by atoms with Gasteiger partial charge in [0.2, 0.25) is 0 Å². The summed E-state index contributed by atoms with van der Waals surface area (Å²) in [5.74, 6) is 1.23. The number of rotatable bonds is 11. The highest BCUT2D eigenvalue weighted by Gasteiger charge is 2.26. The van der Waals surface area contributed by atoms with Gasteiger partial charge in [0, 0.05) is 55.4 Å². The average molecular weight is 577 g/mol. The van der Waals surface area contributed by atoms with Crippen LogP contribution in [0, 0.1) is 6.92 Å². The van der Waals surface area contributed by atoms with E-state index in [9.17, 15) is 8.42 Å². The van der Waals surface area contributed by atoms with Crippen molar-refractivity contribution in [3.8, 4) is 22.8 Å². The first-order valence-corrected chi connectivity index (χ1v) is 15.3. The van der Waals surface area contributed by atoms with E-state index < -0.39 is 16.4 Å². The van der Waals surface area contributed by atoms with Crippen molar-refractivity contribution in [3.05, 3.63) is 78.4 Å². The van der Waals surface area contributed by atoms with Crippen molar-refractivity contribution in [1.29, 1.82) is 0 Å². The quantitative estimate of drug-likeness (QED) is 0.151. The van der Waals surface area contributed by atoms with Gasteiger partial charge in [-0.3, -0.25) is 0 Å². The second kappa shape index (κ2) is 12.9. The Kier molecular flexibility index (Phi) is 9.07. The Morgan fingerprint density at radius 1 is 0.951 bits per heavy atom. The monoisotopic (exact) mass is 576 g/mol. The molecule has 1 unspecified atom stereocenters. The van der Waals surface area contributed by atoms with Crippen LogP contribution in [-0.2, 0) is 19.0 Å². The molecule has 1 aliphatic rings. The molecule has 3 aromatic carbocycles. The lowest BCUT2D eigenvalue weighted by Gasteiger charge is -2.22. The van der Waals surface area contributed by atoms with Gasteiger partial charge in [0.1, 0.15) is 16.4 Å². The second-order valence-electron chi connectivity index (χ2n) is 10.3. The number of ether oxygens (including phenoxy) is 3. The van der Waals surface area contributed by atoms with Crippen molar-refractivity contribution in [2.45, 2.75) is 43.8 Å². The Morgan fingerprint density at radius 3 is 2.49 bits per heavy atom. The summed E-state index contributed by atoms with van der Waals surface area (Å²) in [5.41, 5.74) is 4.48. The minimum atomic E-state index is -3.97. The summed E-state index contributed by atoms with van der Waals surface area (Å²) in [6.45, 7) is 3.04. The van der Waals surface area contributed by atoms with Gasteiger partial charge in [-0.25, -0.2) is 9.17 Å². The SMILES string of the molecule is Cc1c(OCCCOc2ccc3ccc(-c4ccc(N(C)C)cc4)nc3c2)cccc1S(=O)(=O)OC1CCCCO1. The summed E-state index contributed by atoms with van der Waals surface area (Å²) in [4.78, 5) is 7.02. The molecule has 1 fully saturated rings. The third-order valence-electron chi connectivity index (χ3n) is 7.03. The molecule has 0 spiro atoms. The van der Waals surface area contributed by atoms with Crippen LogP contribution in [0.3, 0.4) is 0 Å². The standard InChI is InChI=1S/C32H36N2O6S/c1-23-30(8-6-9-31(23)41(35,36)40-32-10-4-5-19-39-32)38-21-7-20-37-27-17-13-25-14-18-28(33-29(25)22-27)24-11-15-26(16-12-24)34(2)3/h6,8-9,11-18,22,32H,4-5,7,10,19-21H2,1-3H3. The highest BCUT2D eigenvalue weighted by atomic mass is 32.2. The van der Waals surface area contributed by atoms with Crippen LogP contribution in [0.1, 0.15) is 31.2 Å². The summed E-state index contributed by atoms with van der Waals surface area (Å²) in [6, 6.07) is 23.2. The molecular weight excluding hydrogens is 540 g/mol. The smallest absolute Gasteiger partial charge is 0.299 e. The van der Waals surface area contributed by atoms with E-state index >= 15 is 0 Å². The minimum Gasteiger partial charge on any atom is -0.493 e. The van der Waals surface area contributed by atoms with Gasteiger partial charge in [-0.1, -0.05) is 24.3 Å². The molecule has 1 saturated heterocycles. The maximum atomic E-state index is 12.9. The summed E-state index contributed by atoms with van der Waals surface area (Å²) >= 11 is 0. The molecule has 4 aromatic rings. The first kappa shape index (κ1) is 28.9. The predicted molar refractivity (Wildman–Crippen MR) is 160 cm³/mol. The third-order valence-corrected chi connectivity index (χ3v) is 8.48. The van der Waals surface area contributed by atoms with E-state index in [-0.39, 0.29) is 4.90 Å². The highest BCUT2D eigenvalue weighted by molar-refractivity contribution is 7.86. The van der Waals surface area contributed by atoms with Crippen LogP contribution in [0.5, 0.6) is 11.5 Å². The lowest BCUT2D eigenvalue weighted by Crippen LogP contribution is -2.25. The molecular formula is C32H36N2O6S. The van der Waals surface area contributed by atoms with Gasteiger partial charge in [0.15, 0.2) is 6.29 Å². The number of fused-ring (bicyclic) bond motifs is 1. The van der Waals surface area contributed by atoms with Gasteiger partial charge in [-0.15, -0.1) is 0 Å². The van der Waals surface area contributed by atoms with E-state index in [1.54, 1.807) is 19.1 Å². The fraction of sp³-hybridized carbons (Fsp3) is 0.344. The summed E-state index contributed by atoms with van der Waals surface area (Å²) in [6.07, 6.45) is 2.24. The Hall–Kier alpha value is -3.66. The Bertz CT molecular complexity index is 1580. The molecule has 0 N–H and O–H groups in total. The van der Waals surface area contributed by atoms with E-state index in [2.05, 4.69) is 35.2 Å². The van der Waals surface area contributed by atoms with Gasteiger partial charge in [0.05, 0.1) is 24.4 Å². The number of hydrogen-bond donors (Lipinski definition) is 0. The van der Waals surface area contributed by atoms with Crippen molar-refractivity contribution in [1.82, 2.24) is 4.98 Å². The van der Waals surface area contributed by atoms with Crippen molar-refractivity contribution < 1.29 is 26.8 Å². The predicted octanol–water partition coefficient (Wildman–Crippen LogP) is 6.36. The van der Waals surface area contributed by atoms with Crippen LogP contribution in [0.15, 0.2) is 77.7 Å². The first-order chi connectivity index (χ1) is 19.8. The lowest BCUT2D eigenvalue weighted by atomic mass is 10.1. The Balaban J connectivity index is 1.16. The van der Waals surface area contributed by atoms with Crippen molar-refractivity contribution in [3.63, 3.8) is 0 Å². The molecule has 2 heterocycles. The van der Waals surface area contributed by atoms with E-state index in [0.717, 1.165) is 46.4 Å². The van der Waals surface area contributed by atoms with Crippen molar-refractivity contribution >= 4 is 26.7 Å². The molecule has 1 atom stereocenters. The van der Waals surface area contributed by atoms with Gasteiger partial charge in [-0.2, -0.15) is 8.42 Å². The zero-order valence-electron chi connectivity index (χ0n) is 23.7. The molecule has 1 aromatic heterocycles. The highest BCUT2D eigenvalue weighted by Crippen LogP contribution is 2.29. The number of aromatic nitrogens is 1. The van der Waals surface area contributed by atoms with Crippen molar-refractivity contribution in [2.24, 2.45) is 0 Å². The Labute approximate surface area is 242 Å². The molecule has 0 bridgehead atoms. The third kappa shape index (κ3) is 7.16. The van der Waals surface area contributed by atoms with Gasteiger partial charge in [-0.05, 0) is 68.7 Å². The van der Waals surface area contributed by atoms with Crippen LogP contribution in [0.4, 0.5) is 5.69 Å². The van der Waals surface area contributed by atoms with Gasteiger partial charge < -0.3 is 19.1 Å². The Morgan fingerprint density at radius 2 is 1.73 bits per heavy atom. The van der Waals surface area contributed by atoms with Gasteiger partial charge in [0.25, 0.3) is 10.1 Å². The fourth-order valence-corrected chi connectivity index (χ4v) is 5.97. The normalized spacial score (nSPS) is 15.5. The second-order valence-corrected chi connectivity index (χ2v) is 11.8. The van der Waals surface area contributed by atoms with Crippen LogP contribution < -0.4 is 14.4 Å². The largest absolute Gasteiger partial charge is 0.493 e. The summed E-state index contributed by atoms with van der Waals surface area (Å²) in [5, 5.41) is 1.04. The van der Waals surface area contributed by atoms with Crippen LogP contribution >= 0.6 is 0 Å². The van der Waals surface area contributed by atoms with Gasteiger partial charge >= 0.3 is 0 Å². The van der Waals surface area contributed by atoms with E-state index in [0.29, 0.717) is 44.0 Å². The number of pyridine rings is 1. The zero-order chi connectivity index (χ0) is 28.8. The molecule has 216 valence electrons. The van der Waals surface area contributed by atoms with E-state index in [1.807, 2.05) is 38.4 Å². The average Bonchev–Trinajstić information content (AvgIpc) is 2.97. The molecule has 8 nitrogen and oxygen atoms in total. The molecule has 1 aliphatic heterocycles. The number of hydrogen-bond acceptors (Lipinski definition) is 8. The minimum absolute atomic E-state index is 0.0945. The molecule has 0 saturated carbocycles. The van der Waals surface area contributed by atoms with Crippen LogP contribution in [0.2, 0.25) is 0 Å². The van der Waals surface area contributed by atoms with Crippen LogP contribution in [0.25, 0.3) is 22.2 Å². The van der Waals surface area contributed by atoms with Crippen molar-refractivity contribution in [2.75, 3.05) is 38.8 Å². The summed E-state index contributed by atoms with van der Waals surface area (Å²) in [7, 11) is 0.0755. The van der Waals surface area contributed by atoms with Crippen LogP contribution in [-0.4, -0.2) is 53.6 Å². The molecule has 0 radical (unpaired) electrons. The maximum Gasteiger partial charge on any atom is 0.299 e. The fourth-order valence-electron chi connectivity index (χ4n) is 4.71. The molecule has 0 amide bonds.